The van der Waals surface area contributed by atoms with E-state index in [1.807, 2.05) is 68.6 Å². The van der Waals surface area contributed by atoms with Crippen LogP contribution in [0.25, 0.3) is 16.7 Å². The van der Waals surface area contributed by atoms with Gasteiger partial charge in [0, 0.05) is 18.3 Å². The number of Topliss-reactive ketones (excluding diaryl/α,β-unsaturated/α-hetero) is 1. The van der Waals surface area contributed by atoms with E-state index in [1.54, 1.807) is 25.1 Å². The van der Waals surface area contributed by atoms with Gasteiger partial charge in [-0.15, -0.1) is 0 Å². The molecule has 0 aliphatic carbocycles. The van der Waals surface area contributed by atoms with E-state index < -0.39 is 0 Å². The molecule has 2 N–H and O–H groups in total. The molecule has 0 fully saturated rings. The van der Waals surface area contributed by atoms with E-state index in [0.717, 1.165) is 33.5 Å². The van der Waals surface area contributed by atoms with Crippen molar-refractivity contribution in [3.63, 3.8) is 0 Å². The topological polar surface area (TPSA) is 66.4 Å². The molecule has 0 amide bonds. The summed E-state index contributed by atoms with van der Waals surface area (Å²) in [5.74, 6) is 0.0714. The second kappa shape index (κ2) is 12.6. The van der Waals surface area contributed by atoms with Gasteiger partial charge in [0.25, 0.3) is 0 Å². The zero-order valence-electron chi connectivity index (χ0n) is 19.2. The molecule has 0 unspecified atom stereocenters. The van der Waals surface area contributed by atoms with Crippen molar-refractivity contribution in [3.05, 3.63) is 114 Å². The molecule has 0 spiro atoms. The minimum atomic E-state index is -0.00630. The number of phenols is 1. The van der Waals surface area contributed by atoms with Crippen LogP contribution >= 0.6 is 0 Å². The second-order valence-electron chi connectivity index (χ2n) is 7.18. The number of anilines is 1. The van der Waals surface area contributed by atoms with Gasteiger partial charge < -0.3 is 10.4 Å². The lowest BCUT2D eigenvalue weighted by atomic mass is 10.0. The van der Waals surface area contributed by atoms with E-state index in [-0.39, 0.29) is 17.1 Å². The van der Waals surface area contributed by atoms with Crippen molar-refractivity contribution in [3.8, 4) is 16.9 Å². The van der Waals surface area contributed by atoms with E-state index >= 15 is 0 Å². The Hall–Kier alpha value is -4.18. The van der Waals surface area contributed by atoms with Crippen molar-refractivity contribution in [2.45, 2.75) is 13.8 Å². The molecule has 33 heavy (non-hydrogen) atoms. The fourth-order valence-corrected chi connectivity index (χ4v) is 3.18. The number of allylic oxidation sites excluding steroid dienone is 5. The number of hydrogen-bond acceptors (Lipinski definition) is 4. The van der Waals surface area contributed by atoms with Crippen molar-refractivity contribution in [2.75, 3.05) is 12.4 Å². The third-order valence-electron chi connectivity index (χ3n) is 4.95. The standard InChI is InChI=1S/C15H15NO.C14H14O2/c1-11(17)14-9-8-13(10-15(14)16-2)12-6-4-3-5-7-12;1-3-5-6-11(4-2)12-7-8-14(16)13(9-12)10-15/h3-10,16H,1-2H3;3-10,16H,2H2,1H3/b;5-3-,11-6+. The monoisotopic (exact) mass is 439 g/mol. The maximum absolute atomic E-state index is 11.4. The molecule has 4 nitrogen and oxygen atoms in total. The molecule has 0 heterocycles. The normalized spacial score (nSPS) is 10.8. The molecule has 0 saturated heterocycles. The van der Waals surface area contributed by atoms with E-state index in [4.69, 9.17) is 0 Å². The third kappa shape index (κ3) is 6.91. The van der Waals surface area contributed by atoms with Crippen LogP contribution in [0.15, 0.2) is 97.6 Å². The van der Waals surface area contributed by atoms with Gasteiger partial charge in [0.05, 0.1) is 5.56 Å². The highest BCUT2D eigenvalue weighted by Gasteiger charge is 2.07. The van der Waals surface area contributed by atoms with Gasteiger partial charge in [-0.3, -0.25) is 9.59 Å². The lowest BCUT2D eigenvalue weighted by Crippen LogP contribution is -2.00. The molecular formula is C29H29NO3. The molecular weight excluding hydrogens is 410 g/mol. The molecule has 3 rings (SSSR count). The van der Waals surface area contributed by atoms with Crippen molar-refractivity contribution in [1.82, 2.24) is 0 Å². The maximum Gasteiger partial charge on any atom is 0.161 e. The highest BCUT2D eigenvalue weighted by Crippen LogP contribution is 2.26. The van der Waals surface area contributed by atoms with Crippen LogP contribution in [-0.2, 0) is 0 Å². The molecule has 3 aromatic rings. The number of carbonyl (C=O) groups excluding carboxylic acids is 2. The number of aldehydes is 1. The fourth-order valence-electron chi connectivity index (χ4n) is 3.18. The molecule has 0 radical (unpaired) electrons. The van der Waals surface area contributed by atoms with Crippen molar-refractivity contribution < 1.29 is 14.7 Å². The van der Waals surface area contributed by atoms with E-state index in [2.05, 4.69) is 24.0 Å². The van der Waals surface area contributed by atoms with Crippen LogP contribution in [0.2, 0.25) is 0 Å². The third-order valence-corrected chi connectivity index (χ3v) is 4.95. The van der Waals surface area contributed by atoms with E-state index in [0.29, 0.717) is 6.29 Å². The first kappa shape index (κ1) is 25.1. The van der Waals surface area contributed by atoms with Crippen LogP contribution in [0, 0.1) is 0 Å². The number of benzene rings is 3. The molecule has 0 saturated carbocycles. The van der Waals surface area contributed by atoms with Gasteiger partial charge in [-0.2, -0.15) is 0 Å². The molecule has 0 atom stereocenters. The summed E-state index contributed by atoms with van der Waals surface area (Å²) >= 11 is 0. The Labute approximate surface area is 195 Å². The molecule has 4 heteroatoms. The number of hydrogen-bond donors (Lipinski definition) is 2. The summed E-state index contributed by atoms with van der Waals surface area (Å²) < 4.78 is 0. The highest BCUT2D eigenvalue weighted by atomic mass is 16.3. The predicted octanol–water partition coefficient (Wildman–Crippen LogP) is 6.95. The lowest BCUT2D eigenvalue weighted by Gasteiger charge is -2.09. The van der Waals surface area contributed by atoms with Crippen LogP contribution in [0.3, 0.4) is 0 Å². The number of carbonyl (C=O) groups is 2. The first-order valence-corrected chi connectivity index (χ1v) is 10.6. The number of rotatable bonds is 7. The van der Waals surface area contributed by atoms with E-state index in [9.17, 15) is 14.7 Å². The van der Waals surface area contributed by atoms with Gasteiger partial charge in [0.1, 0.15) is 5.75 Å². The maximum atomic E-state index is 11.4. The van der Waals surface area contributed by atoms with E-state index in [1.165, 1.54) is 6.07 Å². The SMILES string of the molecule is C=C/C(=C\C=C/C)c1ccc(O)c(C=O)c1.CNc1cc(-c2ccccc2)ccc1C(C)=O. The molecule has 0 aliphatic rings. The van der Waals surface area contributed by atoms with Crippen LogP contribution in [0.4, 0.5) is 5.69 Å². The smallest absolute Gasteiger partial charge is 0.161 e. The highest BCUT2D eigenvalue weighted by molar-refractivity contribution is 6.00. The number of nitrogens with one attached hydrogen (secondary N) is 1. The number of ketones is 1. The summed E-state index contributed by atoms with van der Waals surface area (Å²) in [6.45, 7) is 7.22. The van der Waals surface area contributed by atoms with Gasteiger partial charge in [-0.25, -0.2) is 0 Å². The predicted molar refractivity (Wildman–Crippen MR) is 138 cm³/mol. The van der Waals surface area contributed by atoms with Gasteiger partial charge in [0.15, 0.2) is 12.1 Å². The Morgan fingerprint density at radius 1 is 1.00 bits per heavy atom. The zero-order valence-corrected chi connectivity index (χ0v) is 19.2. The summed E-state index contributed by atoms with van der Waals surface area (Å²) in [5, 5.41) is 12.4. The lowest BCUT2D eigenvalue weighted by molar-refractivity contribution is 0.101. The number of phenolic OH excluding ortho intramolecular Hbond substituents is 1. The first-order valence-electron chi connectivity index (χ1n) is 10.6. The van der Waals surface area contributed by atoms with Crippen LogP contribution in [0.1, 0.15) is 40.1 Å². The van der Waals surface area contributed by atoms with Crippen LogP contribution in [-0.4, -0.2) is 24.2 Å². The van der Waals surface area contributed by atoms with Gasteiger partial charge >= 0.3 is 0 Å². The minimum Gasteiger partial charge on any atom is -0.507 e. The minimum absolute atomic E-state index is 0.00630. The summed E-state index contributed by atoms with van der Waals surface area (Å²) in [6, 6.07) is 20.9. The second-order valence-corrected chi connectivity index (χ2v) is 7.18. The van der Waals surface area contributed by atoms with Crippen LogP contribution < -0.4 is 5.32 Å². The summed E-state index contributed by atoms with van der Waals surface area (Å²) in [5.41, 5.74) is 5.91. The largest absolute Gasteiger partial charge is 0.507 e. The fraction of sp³-hybridized carbons (Fsp3) is 0.103. The Balaban J connectivity index is 0.000000234. The van der Waals surface area contributed by atoms with Crippen LogP contribution in [0.5, 0.6) is 5.75 Å². The Morgan fingerprint density at radius 3 is 2.30 bits per heavy atom. The van der Waals surface area contributed by atoms with Crippen molar-refractivity contribution in [1.29, 1.82) is 0 Å². The molecule has 0 bridgehead atoms. The summed E-state index contributed by atoms with van der Waals surface area (Å²) in [4.78, 5) is 22.1. The summed E-state index contributed by atoms with van der Waals surface area (Å²) in [6.07, 6.45) is 8.04. The first-order chi connectivity index (χ1) is 15.9. The number of aromatic hydroxyl groups is 1. The quantitative estimate of drug-likeness (QED) is 0.237. The Kier molecular flexibility index (Phi) is 9.59. The molecule has 168 valence electrons. The van der Waals surface area contributed by atoms with Gasteiger partial charge in [0.2, 0.25) is 0 Å². The molecule has 3 aromatic carbocycles. The Bertz CT molecular complexity index is 1170. The summed E-state index contributed by atoms with van der Waals surface area (Å²) in [7, 11) is 1.83. The molecule has 0 aromatic heterocycles. The Morgan fingerprint density at radius 2 is 1.73 bits per heavy atom. The van der Waals surface area contributed by atoms with Gasteiger partial charge in [-0.05, 0) is 60.4 Å². The van der Waals surface area contributed by atoms with Gasteiger partial charge in [-0.1, -0.05) is 73.3 Å². The average molecular weight is 440 g/mol. The van der Waals surface area contributed by atoms with Crippen molar-refractivity contribution in [2.24, 2.45) is 0 Å². The van der Waals surface area contributed by atoms with Crippen molar-refractivity contribution >= 4 is 23.3 Å². The molecule has 0 aliphatic heterocycles. The zero-order chi connectivity index (χ0) is 24.2. The average Bonchev–Trinajstić information content (AvgIpc) is 2.85.